The average molecular weight is 482 g/mol. The van der Waals surface area contributed by atoms with Crippen molar-refractivity contribution in [3.63, 3.8) is 0 Å². The predicted octanol–water partition coefficient (Wildman–Crippen LogP) is 3.01. The third kappa shape index (κ3) is 7.09. The number of hydrogen-bond acceptors (Lipinski definition) is 3. The number of aliphatic imine (C=N–C) groups is 1. The fourth-order valence-corrected chi connectivity index (χ4v) is 2.61. The Morgan fingerprint density at radius 3 is 2.48 bits per heavy atom. The quantitative estimate of drug-likeness (QED) is 0.361. The molecule has 0 heterocycles. The van der Waals surface area contributed by atoms with Crippen molar-refractivity contribution in [2.24, 2.45) is 10.7 Å². The Labute approximate surface area is 177 Å². The summed E-state index contributed by atoms with van der Waals surface area (Å²) in [7, 11) is 3.72. The van der Waals surface area contributed by atoms with E-state index < -0.39 is 5.91 Å². The molecule has 2 aromatic carbocycles. The van der Waals surface area contributed by atoms with E-state index in [1.807, 2.05) is 55.3 Å². The summed E-state index contributed by atoms with van der Waals surface area (Å²) in [6, 6.07) is 15.3. The molecule has 7 heteroatoms. The second-order valence-corrected chi connectivity index (χ2v) is 5.90. The zero-order chi connectivity index (χ0) is 18.9. The van der Waals surface area contributed by atoms with Crippen LogP contribution in [-0.2, 0) is 13.1 Å². The van der Waals surface area contributed by atoms with E-state index in [1.165, 1.54) is 0 Å². The molecule has 6 nitrogen and oxygen atoms in total. The van der Waals surface area contributed by atoms with Gasteiger partial charge in [-0.3, -0.25) is 9.79 Å². The first-order chi connectivity index (χ1) is 12.5. The summed E-state index contributed by atoms with van der Waals surface area (Å²) in [6.45, 7) is 3.90. The monoisotopic (exact) mass is 482 g/mol. The highest BCUT2D eigenvalue weighted by molar-refractivity contribution is 14.0. The highest BCUT2D eigenvalue weighted by Crippen LogP contribution is 2.13. The van der Waals surface area contributed by atoms with Gasteiger partial charge in [0.25, 0.3) is 0 Å². The second-order valence-electron chi connectivity index (χ2n) is 5.90. The fraction of sp³-hybridized carbons (Fsp3) is 0.300. The first-order valence-electron chi connectivity index (χ1n) is 8.55. The van der Waals surface area contributed by atoms with Crippen LogP contribution >= 0.6 is 24.0 Å². The maximum atomic E-state index is 11.3. The van der Waals surface area contributed by atoms with E-state index in [4.69, 9.17) is 10.5 Å². The van der Waals surface area contributed by atoms with Crippen LogP contribution in [0, 0.1) is 0 Å². The van der Waals surface area contributed by atoms with Gasteiger partial charge in [0.15, 0.2) is 5.96 Å². The number of primary amides is 1. The summed E-state index contributed by atoms with van der Waals surface area (Å²) in [5.41, 5.74) is 7.96. The van der Waals surface area contributed by atoms with Gasteiger partial charge in [0.2, 0.25) is 5.91 Å². The molecule has 2 rings (SSSR count). The third-order valence-electron chi connectivity index (χ3n) is 3.89. The maximum absolute atomic E-state index is 11.3. The summed E-state index contributed by atoms with van der Waals surface area (Å²) in [4.78, 5) is 17.6. The highest BCUT2D eigenvalue weighted by atomic mass is 127. The van der Waals surface area contributed by atoms with E-state index >= 15 is 0 Å². The molecule has 0 atom stereocenters. The number of ether oxygens (including phenoxy) is 1. The number of carbonyl (C=O) groups is 1. The lowest BCUT2D eigenvalue weighted by Gasteiger charge is -2.22. The van der Waals surface area contributed by atoms with Gasteiger partial charge in [-0.2, -0.15) is 0 Å². The summed E-state index contributed by atoms with van der Waals surface area (Å²) in [6.07, 6.45) is 0. The Hall–Kier alpha value is -2.29. The molecule has 146 valence electrons. The van der Waals surface area contributed by atoms with Crippen LogP contribution in [0.5, 0.6) is 5.75 Å². The number of carbonyl (C=O) groups excluding carboxylic acids is 1. The SMILES string of the molecule is CCOc1ccc(CN(C)C(=NC)NCc2cccc(C(N)=O)c2)cc1.I. The maximum Gasteiger partial charge on any atom is 0.248 e. The van der Waals surface area contributed by atoms with Gasteiger partial charge in [0, 0.05) is 32.7 Å². The lowest BCUT2D eigenvalue weighted by atomic mass is 10.1. The molecule has 0 aliphatic rings. The van der Waals surface area contributed by atoms with Crippen molar-refractivity contribution in [1.82, 2.24) is 10.2 Å². The number of rotatable bonds is 7. The van der Waals surface area contributed by atoms with Crippen molar-refractivity contribution in [3.05, 3.63) is 65.2 Å². The second kappa shape index (κ2) is 11.4. The number of nitrogens with two attached hydrogens (primary N) is 1. The fourth-order valence-electron chi connectivity index (χ4n) is 2.61. The number of nitrogens with zero attached hydrogens (tertiary/aromatic N) is 2. The molecule has 0 unspecified atom stereocenters. The van der Waals surface area contributed by atoms with Crippen LogP contribution in [0.2, 0.25) is 0 Å². The van der Waals surface area contributed by atoms with Gasteiger partial charge >= 0.3 is 0 Å². The summed E-state index contributed by atoms with van der Waals surface area (Å²) < 4.78 is 5.47. The zero-order valence-corrected chi connectivity index (χ0v) is 18.3. The molecular weight excluding hydrogens is 455 g/mol. The molecule has 0 fully saturated rings. The molecular formula is C20H27IN4O2. The van der Waals surface area contributed by atoms with E-state index in [2.05, 4.69) is 10.3 Å². The molecule has 0 saturated heterocycles. The Kier molecular flexibility index (Phi) is 9.63. The van der Waals surface area contributed by atoms with Crippen LogP contribution in [0.1, 0.15) is 28.4 Å². The third-order valence-corrected chi connectivity index (χ3v) is 3.89. The number of guanidine groups is 1. The standard InChI is InChI=1S/C20H26N4O2.HI/c1-4-26-18-10-8-15(9-11-18)14-24(3)20(22-2)23-13-16-6-5-7-17(12-16)19(21)25;/h5-12H,4,13-14H2,1-3H3,(H2,21,25)(H,22,23);1H. The molecule has 0 aliphatic heterocycles. The van der Waals surface area contributed by atoms with Gasteiger partial charge in [0.05, 0.1) is 6.61 Å². The van der Waals surface area contributed by atoms with Crippen LogP contribution in [-0.4, -0.2) is 37.5 Å². The van der Waals surface area contributed by atoms with Crippen molar-refractivity contribution in [2.75, 3.05) is 20.7 Å². The molecule has 1 amide bonds. The Morgan fingerprint density at radius 1 is 1.19 bits per heavy atom. The van der Waals surface area contributed by atoms with E-state index in [1.54, 1.807) is 19.2 Å². The van der Waals surface area contributed by atoms with Crippen LogP contribution in [0.15, 0.2) is 53.5 Å². The minimum Gasteiger partial charge on any atom is -0.494 e. The van der Waals surface area contributed by atoms with Gasteiger partial charge in [-0.25, -0.2) is 0 Å². The van der Waals surface area contributed by atoms with Gasteiger partial charge in [0.1, 0.15) is 5.75 Å². The summed E-state index contributed by atoms with van der Waals surface area (Å²) in [5.74, 6) is 1.21. The molecule has 0 aromatic heterocycles. The first kappa shape index (κ1) is 22.8. The van der Waals surface area contributed by atoms with Crippen LogP contribution in [0.25, 0.3) is 0 Å². The highest BCUT2D eigenvalue weighted by Gasteiger charge is 2.08. The Morgan fingerprint density at radius 2 is 1.89 bits per heavy atom. The molecule has 0 bridgehead atoms. The zero-order valence-electron chi connectivity index (χ0n) is 15.9. The van der Waals surface area contributed by atoms with Crippen LogP contribution < -0.4 is 15.8 Å². The number of hydrogen-bond donors (Lipinski definition) is 2. The molecule has 0 aliphatic carbocycles. The van der Waals surface area contributed by atoms with Crippen molar-refractivity contribution >= 4 is 35.8 Å². The molecule has 0 spiro atoms. The molecule has 27 heavy (non-hydrogen) atoms. The average Bonchev–Trinajstić information content (AvgIpc) is 2.64. The van der Waals surface area contributed by atoms with Crippen LogP contribution in [0.3, 0.4) is 0 Å². The number of amides is 1. The number of benzene rings is 2. The van der Waals surface area contributed by atoms with Gasteiger partial charge < -0.3 is 20.7 Å². The first-order valence-corrected chi connectivity index (χ1v) is 8.55. The number of halogens is 1. The molecule has 2 aromatic rings. The van der Waals surface area contributed by atoms with E-state index in [-0.39, 0.29) is 24.0 Å². The largest absolute Gasteiger partial charge is 0.494 e. The Balaban J connectivity index is 0.00000364. The summed E-state index contributed by atoms with van der Waals surface area (Å²) in [5, 5.41) is 3.30. The van der Waals surface area contributed by atoms with Gasteiger partial charge in [-0.15, -0.1) is 24.0 Å². The minimum atomic E-state index is -0.427. The van der Waals surface area contributed by atoms with Crippen LogP contribution in [0.4, 0.5) is 0 Å². The summed E-state index contributed by atoms with van der Waals surface area (Å²) >= 11 is 0. The normalized spacial score (nSPS) is 10.7. The lowest BCUT2D eigenvalue weighted by molar-refractivity contribution is 0.1000. The van der Waals surface area contributed by atoms with Crippen molar-refractivity contribution in [1.29, 1.82) is 0 Å². The molecule has 0 radical (unpaired) electrons. The van der Waals surface area contributed by atoms with Gasteiger partial charge in [-0.05, 0) is 42.3 Å². The molecule has 3 N–H and O–H groups in total. The lowest BCUT2D eigenvalue weighted by Crippen LogP contribution is -2.38. The molecule has 0 saturated carbocycles. The smallest absolute Gasteiger partial charge is 0.248 e. The van der Waals surface area contributed by atoms with Crippen molar-refractivity contribution in [2.45, 2.75) is 20.0 Å². The van der Waals surface area contributed by atoms with E-state index in [0.29, 0.717) is 25.3 Å². The van der Waals surface area contributed by atoms with Crippen molar-refractivity contribution < 1.29 is 9.53 Å². The minimum absolute atomic E-state index is 0. The number of nitrogens with one attached hydrogen (secondary N) is 1. The predicted molar refractivity (Wildman–Crippen MR) is 120 cm³/mol. The van der Waals surface area contributed by atoms with E-state index in [0.717, 1.165) is 22.8 Å². The van der Waals surface area contributed by atoms with Crippen molar-refractivity contribution in [3.8, 4) is 5.75 Å². The van der Waals surface area contributed by atoms with E-state index in [9.17, 15) is 4.79 Å². The Bertz CT molecular complexity index is 763. The topological polar surface area (TPSA) is 79.9 Å². The van der Waals surface area contributed by atoms with Gasteiger partial charge in [-0.1, -0.05) is 24.3 Å².